The Morgan fingerprint density at radius 3 is 2.41 bits per heavy atom. The average Bonchev–Trinajstić information content (AvgIpc) is 2.98. The molecule has 1 aliphatic rings. The quantitative estimate of drug-likeness (QED) is 0.882. The van der Waals surface area contributed by atoms with E-state index in [0.29, 0.717) is 5.56 Å². The molecule has 0 aliphatic carbocycles. The molecule has 1 N–H and O–H groups in total. The minimum Gasteiger partial charge on any atom is -0.478 e. The summed E-state index contributed by atoms with van der Waals surface area (Å²) in [6.07, 6.45) is 0. The lowest BCUT2D eigenvalue weighted by Gasteiger charge is -2.32. The van der Waals surface area contributed by atoms with Crippen molar-refractivity contribution in [2.75, 3.05) is 38.1 Å². The van der Waals surface area contributed by atoms with Crippen molar-refractivity contribution in [2.45, 2.75) is 0 Å². The number of aromatic nitrogens is 1. The van der Waals surface area contributed by atoms with E-state index >= 15 is 0 Å². The molecule has 0 saturated carbocycles. The van der Waals surface area contributed by atoms with Gasteiger partial charge in [-0.1, -0.05) is 12.1 Å². The Kier molecular flexibility index (Phi) is 5.55. The van der Waals surface area contributed by atoms with Gasteiger partial charge < -0.3 is 14.9 Å². The molecule has 0 amide bonds. The molecule has 118 valence electrons. The number of piperazine rings is 1. The second-order valence-corrected chi connectivity index (χ2v) is 6.02. The number of benzene rings is 1. The molecule has 1 aromatic heterocycles. The number of anilines is 1. The first-order valence-corrected chi connectivity index (χ1v) is 7.74. The number of nitrogens with zero attached hydrogens (tertiary/aromatic N) is 3. The van der Waals surface area contributed by atoms with Gasteiger partial charge in [0, 0.05) is 37.1 Å². The Bertz CT molecular complexity index is 636. The van der Waals surface area contributed by atoms with Crippen molar-refractivity contribution in [3.8, 4) is 11.3 Å². The Morgan fingerprint density at radius 2 is 1.82 bits per heavy atom. The van der Waals surface area contributed by atoms with Crippen molar-refractivity contribution in [3.63, 3.8) is 0 Å². The van der Waals surface area contributed by atoms with Gasteiger partial charge in [0.2, 0.25) is 0 Å². The summed E-state index contributed by atoms with van der Waals surface area (Å²) in [6, 6.07) is 6.86. The fourth-order valence-corrected chi connectivity index (χ4v) is 3.21. The number of rotatable bonds is 3. The lowest BCUT2D eigenvalue weighted by atomic mass is 10.1. The summed E-state index contributed by atoms with van der Waals surface area (Å²) in [5.74, 6) is -0.905. The highest BCUT2D eigenvalue weighted by molar-refractivity contribution is 8.93. The molecule has 0 unspecified atom stereocenters. The molecular weight excluding hydrogens is 366 g/mol. The third-order valence-electron chi connectivity index (χ3n) is 3.69. The van der Waals surface area contributed by atoms with Crippen LogP contribution in [-0.2, 0) is 0 Å². The van der Waals surface area contributed by atoms with Crippen molar-refractivity contribution in [3.05, 3.63) is 35.2 Å². The van der Waals surface area contributed by atoms with Crippen molar-refractivity contribution in [2.24, 2.45) is 0 Å². The smallest absolute Gasteiger partial charge is 0.335 e. The van der Waals surface area contributed by atoms with Crippen LogP contribution in [0, 0.1) is 0 Å². The summed E-state index contributed by atoms with van der Waals surface area (Å²) in [6.45, 7) is 4.12. The van der Waals surface area contributed by atoms with Gasteiger partial charge in [-0.05, 0) is 19.2 Å². The molecule has 1 aliphatic heterocycles. The summed E-state index contributed by atoms with van der Waals surface area (Å²) >= 11 is 1.64. The van der Waals surface area contributed by atoms with Crippen LogP contribution in [0.4, 0.5) is 5.13 Å². The van der Waals surface area contributed by atoms with Gasteiger partial charge in [-0.15, -0.1) is 28.3 Å². The van der Waals surface area contributed by atoms with Crippen molar-refractivity contribution in [1.29, 1.82) is 0 Å². The first-order chi connectivity index (χ1) is 10.1. The fourth-order valence-electron chi connectivity index (χ4n) is 2.32. The zero-order valence-corrected chi connectivity index (χ0v) is 14.8. The number of carbonyl (C=O) groups is 1. The standard InChI is InChI=1S/C15H17N3O2S.BrH/c1-17-6-8-18(9-7-17)15-16-13(10-21-15)11-2-4-12(5-3-11)14(19)20;/h2-5,10H,6-9H2,1H3,(H,19,20);1H. The molecule has 0 bridgehead atoms. The van der Waals surface area contributed by atoms with E-state index in [-0.39, 0.29) is 17.0 Å². The number of halogens is 1. The normalized spacial score (nSPS) is 15.4. The van der Waals surface area contributed by atoms with Gasteiger partial charge in [-0.3, -0.25) is 0 Å². The predicted molar refractivity (Wildman–Crippen MR) is 94.5 cm³/mol. The lowest BCUT2D eigenvalue weighted by molar-refractivity contribution is 0.0697. The molecular formula is C15H18BrN3O2S. The monoisotopic (exact) mass is 383 g/mol. The summed E-state index contributed by atoms with van der Waals surface area (Å²) in [5.41, 5.74) is 2.16. The van der Waals surface area contributed by atoms with Crippen molar-refractivity contribution >= 4 is 39.4 Å². The maximum absolute atomic E-state index is 10.9. The van der Waals surface area contributed by atoms with E-state index in [1.807, 2.05) is 17.5 Å². The van der Waals surface area contributed by atoms with E-state index in [2.05, 4.69) is 21.8 Å². The van der Waals surface area contributed by atoms with Crippen LogP contribution in [0.5, 0.6) is 0 Å². The number of hydrogen-bond acceptors (Lipinski definition) is 5. The molecule has 5 nitrogen and oxygen atoms in total. The largest absolute Gasteiger partial charge is 0.478 e. The van der Waals surface area contributed by atoms with Gasteiger partial charge >= 0.3 is 5.97 Å². The SMILES string of the molecule is Br.CN1CCN(c2nc(-c3ccc(C(=O)O)cc3)cs2)CC1. The van der Waals surface area contributed by atoms with Crippen LogP contribution < -0.4 is 4.90 Å². The first-order valence-electron chi connectivity index (χ1n) is 6.86. The topological polar surface area (TPSA) is 56.7 Å². The maximum Gasteiger partial charge on any atom is 0.335 e. The number of aromatic carboxylic acids is 1. The Balaban J connectivity index is 0.00000176. The minimum atomic E-state index is -0.905. The van der Waals surface area contributed by atoms with E-state index in [4.69, 9.17) is 5.11 Å². The molecule has 0 spiro atoms. The van der Waals surface area contributed by atoms with E-state index < -0.39 is 5.97 Å². The van der Waals surface area contributed by atoms with E-state index in [0.717, 1.165) is 42.6 Å². The number of hydrogen-bond donors (Lipinski definition) is 1. The summed E-state index contributed by atoms with van der Waals surface area (Å²) in [4.78, 5) is 20.2. The Morgan fingerprint density at radius 1 is 1.18 bits per heavy atom. The van der Waals surface area contributed by atoms with Gasteiger partial charge in [-0.25, -0.2) is 9.78 Å². The molecule has 2 aromatic rings. The second kappa shape index (κ2) is 7.21. The van der Waals surface area contributed by atoms with Crippen LogP contribution in [0.1, 0.15) is 10.4 Å². The first kappa shape index (κ1) is 16.9. The second-order valence-electron chi connectivity index (χ2n) is 5.19. The molecule has 1 fully saturated rings. The zero-order valence-electron chi connectivity index (χ0n) is 12.2. The van der Waals surface area contributed by atoms with E-state index in [1.54, 1.807) is 23.5 Å². The highest BCUT2D eigenvalue weighted by atomic mass is 79.9. The Labute approximate surface area is 144 Å². The maximum atomic E-state index is 10.9. The highest BCUT2D eigenvalue weighted by Crippen LogP contribution is 2.28. The van der Waals surface area contributed by atoms with Gasteiger partial charge in [0.15, 0.2) is 5.13 Å². The van der Waals surface area contributed by atoms with Crippen LogP contribution in [0.25, 0.3) is 11.3 Å². The number of carboxylic acid groups (broad SMARTS) is 1. The minimum absolute atomic E-state index is 0. The molecule has 2 heterocycles. The summed E-state index contributed by atoms with van der Waals surface area (Å²) in [7, 11) is 2.13. The van der Waals surface area contributed by atoms with E-state index in [9.17, 15) is 4.79 Å². The van der Waals surface area contributed by atoms with Crippen LogP contribution >= 0.6 is 28.3 Å². The highest BCUT2D eigenvalue weighted by Gasteiger charge is 2.17. The molecule has 1 saturated heterocycles. The molecule has 7 heteroatoms. The van der Waals surface area contributed by atoms with Gasteiger partial charge in [-0.2, -0.15) is 0 Å². The Hall–Kier alpha value is -1.44. The predicted octanol–water partition coefficient (Wildman–Crippen LogP) is 2.84. The van der Waals surface area contributed by atoms with Crippen molar-refractivity contribution in [1.82, 2.24) is 9.88 Å². The molecule has 1 aromatic carbocycles. The molecule has 3 rings (SSSR count). The van der Waals surface area contributed by atoms with Gasteiger partial charge in [0.1, 0.15) is 0 Å². The number of likely N-dealkylation sites (N-methyl/N-ethyl adjacent to an activating group) is 1. The third-order valence-corrected chi connectivity index (χ3v) is 4.59. The fraction of sp³-hybridized carbons (Fsp3) is 0.333. The van der Waals surface area contributed by atoms with Crippen LogP contribution in [0.15, 0.2) is 29.6 Å². The molecule has 22 heavy (non-hydrogen) atoms. The van der Waals surface area contributed by atoms with Gasteiger partial charge in [0.05, 0.1) is 11.3 Å². The summed E-state index contributed by atoms with van der Waals surface area (Å²) < 4.78 is 0. The van der Waals surface area contributed by atoms with Crippen LogP contribution in [0.2, 0.25) is 0 Å². The molecule has 0 radical (unpaired) electrons. The average molecular weight is 384 g/mol. The third kappa shape index (κ3) is 3.66. The number of carboxylic acids is 1. The van der Waals surface area contributed by atoms with Crippen molar-refractivity contribution < 1.29 is 9.90 Å². The molecule has 0 atom stereocenters. The lowest BCUT2D eigenvalue weighted by Crippen LogP contribution is -2.44. The van der Waals surface area contributed by atoms with Crippen LogP contribution in [-0.4, -0.2) is 54.2 Å². The number of thiazole rings is 1. The summed E-state index contributed by atoms with van der Waals surface area (Å²) in [5, 5.41) is 12.0. The zero-order chi connectivity index (χ0) is 14.8. The van der Waals surface area contributed by atoms with E-state index in [1.165, 1.54) is 0 Å². The van der Waals surface area contributed by atoms with Crippen LogP contribution in [0.3, 0.4) is 0 Å². The van der Waals surface area contributed by atoms with Gasteiger partial charge in [0.25, 0.3) is 0 Å².